The number of benzene rings is 2. The molecular formula is C26H29N3O3S. The first-order valence-electron chi connectivity index (χ1n) is 11.2. The third kappa shape index (κ3) is 5.50. The number of aliphatic hydroxyl groups excluding tert-OH is 1. The number of thiophene rings is 1. The van der Waals surface area contributed by atoms with E-state index in [1.54, 1.807) is 7.11 Å². The third-order valence-electron chi connectivity index (χ3n) is 5.59. The maximum atomic E-state index is 13.1. The summed E-state index contributed by atoms with van der Waals surface area (Å²) in [5.74, 6) is 1.34. The van der Waals surface area contributed by atoms with Crippen molar-refractivity contribution in [2.45, 2.75) is 32.4 Å². The van der Waals surface area contributed by atoms with Crippen molar-refractivity contribution >= 4 is 21.6 Å². The summed E-state index contributed by atoms with van der Waals surface area (Å²) in [6, 6.07) is 17.7. The van der Waals surface area contributed by atoms with Gasteiger partial charge in [0.1, 0.15) is 16.4 Å². The molecule has 0 saturated carbocycles. The number of aromatic nitrogens is 2. The van der Waals surface area contributed by atoms with Crippen LogP contribution in [0.3, 0.4) is 0 Å². The van der Waals surface area contributed by atoms with Crippen molar-refractivity contribution in [3.63, 3.8) is 0 Å². The second-order valence-corrected chi connectivity index (χ2v) is 8.98. The van der Waals surface area contributed by atoms with E-state index in [1.165, 1.54) is 11.3 Å². The summed E-state index contributed by atoms with van der Waals surface area (Å²) in [6.45, 7) is 3.91. The van der Waals surface area contributed by atoms with Crippen LogP contribution in [0.1, 0.15) is 24.7 Å². The van der Waals surface area contributed by atoms with Gasteiger partial charge in [0.2, 0.25) is 0 Å². The molecule has 0 amide bonds. The maximum Gasteiger partial charge on any atom is 0.260 e. The van der Waals surface area contributed by atoms with Crippen LogP contribution >= 0.6 is 11.3 Å². The van der Waals surface area contributed by atoms with E-state index in [4.69, 9.17) is 9.72 Å². The Morgan fingerprint density at radius 2 is 1.88 bits per heavy atom. The fraction of sp³-hybridized carbons (Fsp3) is 0.308. The summed E-state index contributed by atoms with van der Waals surface area (Å²) in [6.07, 6.45) is 1.05. The monoisotopic (exact) mass is 463 g/mol. The molecule has 0 unspecified atom stereocenters. The quantitative estimate of drug-likeness (QED) is 0.363. The Kier molecular flexibility index (Phi) is 7.54. The van der Waals surface area contributed by atoms with Gasteiger partial charge in [0.25, 0.3) is 5.56 Å². The molecule has 7 heteroatoms. The first-order chi connectivity index (χ1) is 16.1. The number of H-pyrrole nitrogens is 1. The minimum Gasteiger partial charge on any atom is -0.496 e. The number of para-hydroxylation sites is 1. The molecule has 1 atom stereocenters. The molecule has 0 aliphatic heterocycles. The number of ether oxygens (including phenoxy) is 1. The Bertz CT molecular complexity index is 1250. The highest BCUT2D eigenvalue weighted by molar-refractivity contribution is 7.17. The van der Waals surface area contributed by atoms with Crippen molar-refractivity contribution in [1.82, 2.24) is 14.9 Å². The number of fused-ring (bicyclic) bond motifs is 1. The van der Waals surface area contributed by atoms with Crippen molar-refractivity contribution in [2.75, 3.05) is 20.2 Å². The molecule has 6 nitrogen and oxygen atoms in total. The molecule has 2 aromatic heterocycles. The third-order valence-corrected chi connectivity index (χ3v) is 6.46. The number of hydrogen-bond donors (Lipinski definition) is 2. The lowest BCUT2D eigenvalue weighted by atomic mass is 10.1. The topological polar surface area (TPSA) is 78.5 Å². The smallest absolute Gasteiger partial charge is 0.260 e. The zero-order valence-corrected chi connectivity index (χ0v) is 19.8. The lowest BCUT2D eigenvalue weighted by Crippen LogP contribution is -2.34. The van der Waals surface area contributed by atoms with Gasteiger partial charge in [-0.25, -0.2) is 4.98 Å². The van der Waals surface area contributed by atoms with E-state index in [1.807, 2.05) is 60.0 Å². The van der Waals surface area contributed by atoms with Crippen LogP contribution in [0.25, 0.3) is 21.3 Å². The standard InChI is InChI=1S/C26H29N3O3S/c1-3-13-29(15-19(30)14-18-9-5-4-6-10-18)16-23-27-25(31)24-21(17-33-26(24)28-23)20-11-7-8-12-22(20)32-2/h4-12,17,19,30H,3,13-16H2,1-2H3,(H,27,28,31)/t19-/m1/s1. The summed E-state index contributed by atoms with van der Waals surface area (Å²) in [5, 5.41) is 13.2. The lowest BCUT2D eigenvalue weighted by Gasteiger charge is -2.24. The zero-order valence-electron chi connectivity index (χ0n) is 19.0. The summed E-state index contributed by atoms with van der Waals surface area (Å²) < 4.78 is 5.48. The van der Waals surface area contributed by atoms with E-state index in [2.05, 4.69) is 16.8 Å². The van der Waals surface area contributed by atoms with E-state index in [0.717, 1.165) is 35.4 Å². The molecule has 0 saturated heterocycles. The second kappa shape index (κ2) is 10.7. The van der Waals surface area contributed by atoms with Crippen molar-refractivity contribution in [3.8, 4) is 16.9 Å². The van der Waals surface area contributed by atoms with Crippen LogP contribution in [0.15, 0.2) is 64.8 Å². The molecule has 0 aliphatic rings. The van der Waals surface area contributed by atoms with Crippen molar-refractivity contribution in [2.24, 2.45) is 0 Å². The number of methoxy groups -OCH3 is 1. The van der Waals surface area contributed by atoms with Gasteiger partial charge in [-0.2, -0.15) is 0 Å². The molecule has 172 valence electrons. The largest absolute Gasteiger partial charge is 0.496 e. The molecular weight excluding hydrogens is 434 g/mol. The molecule has 0 radical (unpaired) electrons. The molecule has 0 bridgehead atoms. The first kappa shape index (κ1) is 23.2. The molecule has 0 aliphatic carbocycles. The zero-order chi connectivity index (χ0) is 23.2. The van der Waals surface area contributed by atoms with Gasteiger partial charge in [0.05, 0.1) is 25.1 Å². The van der Waals surface area contributed by atoms with E-state index < -0.39 is 6.10 Å². The molecule has 0 fully saturated rings. The number of hydrogen-bond acceptors (Lipinski definition) is 6. The van der Waals surface area contributed by atoms with Gasteiger partial charge in [0.15, 0.2) is 0 Å². The Hall–Kier alpha value is -3.00. The van der Waals surface area contributed by atoms with E-state index in [-0.39, 0.29) is 5.56 Å². The highest BCUT2D eigenvalue weighted by Gasteiger charge is 2.18. The average molecular weight is 464 g/mol. The molecule has 0 spiro atoms. The average Bonchev–Trinajstić information content (AvgIpc) is 3.24. The number of nitrogens with one attached hydrogen (secondary N) is 1. The molecule has 33 heavy (non-hydrogen) atoms. The number of nitrogens with zero attached hydrogens (tertiary/aromatic N) is 2. The van der Waals surface area contributed by atoms with Crippen LogP contribution in [-0.4, -0.2) is 46.3 Å². The maximum absolute atomic E-state index is 13.1. The van der Waals surface area contributed by atoms with E-state index in [9.17, 15) is 9.90 Å². The Balaban J connectivity index is 1.55. The Morgan fingerprint density at radius 3 is 2.64 bits per heavy atom. The van der Waals surface area contributed by atoms with Gasteiger partial charge < -0.3 is 14.8 Å². The molecule has 2 N–H and O–H groups in total. The van der Waals surface area contributed by atoms with Gasteiger partial charge in [0, 0.05) is 23.1 Å². The van der Waals surface area contributed by atoms with Gasteiger partial charge in [-0.15, -0.1) is 11.3 Å². The van der Waals surface area contributed by atoms with Crippen LogP contribution in [0.2, 0.25) is 0 Å². The van der Waals surface area contributed by atoms with Crippen LogP contribution in [-0.2, 0) is 13.0 Å². The number of aromatic amines is 1. The first-order valence-corrected chi connectivity index (χ1v) is 12.0. The summed E-state index contributed by atoms with van der Waals surface area (Å²) in [4.78, 5) is 23.6. The van der Waals surface area contributed by atoms with Gasteiger partial charge in [-0.1, -0.05) is 55.5 Å². The molecule has 4 rings (SSSR count). The van der Waals surface area contributed by atoms with Crippen molar-refractivity contribution in [1.29, 1.82) is 0 Å². The number of rotatable bonds is 10. The highest BCUT2D eigenvalue weighted by Crippen LogP contribution is 2.36. The van der Waals surface area contributed by atoms with Gasteiger partial charge >= 0.3 is 0 Å². The van der Waals surface area contributed by atoms with E-state index >= 15 is 0 Å². The SMILES string of the molecule is CCCN(Cc1nc2scc(-c3ccccc3OC)c2c(=O)[nH]1)C[C@H](O)Cc1ccccc1. The molecule has 2 heterocycles. The van der Waals surface area contributed by atoms with E-state index in [0.29, 0.717) is 35.6 Å². The van der Waals surface area contributed by atoms with Crippen LogP contribution < -0.4 is 10.3 Å². The predicted molar refractivity (Wildman–Crippen MR) is 134 cm³/mol. The summed E-state index contributed by atoms with van der Waals surface area (Å²) >= 11 is 1.46. The van der Waals surface area contributed by atoms with Crippen molar-refractivity contribution in [3.05, 3.63) is 81.7 Å². The fourth-order valence-electron chi connectivity index (χ4n) is 4.15. The second-order valence-electron chi connectivity index (χ2n) is 8.12. The predicted octanol–water partition coefficient (Wildman–Crippen LogP) is 4.48. The van der Waals surface area contributed by atoms with Crippen molar-refractivity contribution < 1.29 is 9.84 Å². The minimum atomic E-state index is -0.492. The van der Waals surface area contributed by atoms with Gasteiger partial charge in [-0.05, 0) is 31.0 Å². The van der Waals surface area contributed by atoms with Crippen LogP contribution in [0.4, 0.5) is 0 Å². The van der Waals surface area contributed by atoms with Crippen LogP contribution in [0, 0.1) is 0 Å². The normalized spacial score (nSPS) is 12.4. The summed E-state index contributed by atoms with van der Waals surface area (Å²) in [7, 11) is 1.63. The fourth-order valence-corrected chi connectivity index (χ4v) is 5.10. The lowest BCUT2D eigenvalue weighted by molar-refractivity contribution is 0.107. The van der Waals surface area contributed by atoms with Crippen LogP contribution in [0.5, 0.6) is 5.75 Å². The summed E-state index contributed by atoms with van der Waals surface area (Å²) in [5.41, 5.74) is 2.66. The van der Waals surface area contributed by atoms with Gasteiger partial charge in [-0.3, -0.25) is 9.69 Å². The minimum absolute atomic E-state index is 0.154. The Labute approximate surface area is 197 Å². The molecule has 2 aromatic carbocycles. The Morgan fingerprint density at radius 1 is 1.12 bits per heavy atom. The number of aliphatic hydroxyl groups is 1. The molecule has 4 aromatic rings. The highest BCUT2D eigenvalue weighted by atomic mass is 32.1.